The molecular formula is C12H20N2O3. The molecule has 0 bridgehead atoms. The van der Waals surface area contributed by atoms with Crippen LogP contribution in [0.2, 0.25) is 0 Å². The molecule has 96 valence electrons. The predicted molar refractivity (Wildman–Crippen MR) is 62.7 cm³/mol. The Bertz CT molecular complexity index is 326. The van der Waals surface area contributed by atoms with E-state index < -0.39 is 11.9 Å². The molecule has 1 saturated heterocycles. The van der Waals surface area contributed by atoms with Crippen LogP contribution in [-0.4, -0.2) is 41.6 Å². The molecule has 5 nitrogen and oxygen atoms in total. The van der Waals surface area contributed by atoms with Crippen molar-refractivity contribution < 1.29 is 14.7 Å². The number of urea groups is 1. The lowest BCUT2D eigenvalue weighted by Gasteiger charge is -2.31. The minimum atomic E-state index is -0.795. The van der Waals surface area contributed by atoms with Gasteiger partial charge in [-0.25, -0.2) is 4.79 Å². The second kappa shape index (κ2) is 4.55. The molecule has 0 aromatic rings. The van der Waals surface area contributed by atoms with Gasteiger partial charge >= 0.3 is 12.0 Å². The fourth-order valence-electron chi connectivity index (χ4n) is 2.15. The number of nitrogens with one attached hydrogen (secondary N) is 1. The van der Waals surface area contributed by atoms with Crippen molar-refractivity contribution >= 4 is 12.0 Å². The minimum Gasteiger partial charge on any atom is -0.481 e. The van der Waals surface area contributed by atoms with Crippen LogP contribution in [0.1, 0.15) is 32.6 Å². The van der Waals surface area contributed by atoms with Gasteiger partial charge in [0.25, 0.3) is 0 Å². The van der Waals surface area contributed by atoms with Crippen molar-refractivity contribution in [1.29, 1.82) is 0 Å². The van der Waals surface area contributed by atoms with E-state index in [1.807, 2.05) is 0 Å². The summed E-state index contributed by atoms with van der Waals surface area (Å²) in [5.41, 5.74) is 0.289. The number of carbonyl (C=O) groups excluding carboxylic acids is 1. The lowest BCUT2D eigenvalue weighted by atomic mass is 9.99. The maximum atomic E-state index is 11.9. The second-order valence-corrected chi connectivity index (χ2v) is 5.59. The number of amides is 2. The number of rotatable bonds is 3. The number of hydrogen-bond acceptors (Lipinski definition) is 2. The van der Waals surface area contributed by atoms with Crippen LogP contribution in [0.15, 0.2) is 0 Å². The maximum Gasteiger partial charge on any atom is 0.317 e. The SMILES string of the molecule is CC1(CNC(=O)N2CCC[C@H](C(=O)O)C2)CC1. The first-order chi connectivity index (χ1) is 8.00. The molecule has 0 aromatic heterocycles. The number of carboxylic acids is 1. The van der Waals surface area contributed by atoms with Gasteiger partial charge in [-0.2, -0.15) is 0 Å². The first kappa shape index (κ1) is 12.2. The van der Waals surface area contributed by atoms with Crippen molar-refractivity contribution in [2.24, 2.45) is 11.3 Å². The highest BCUT2D eigenvalue weighted by Crippen LogP contribution is 2.44. The summed E-state index contributed by atoms with van der Waals surface area (Å²) >= 11 is 0. The third-order valence-corrected chi connectivity index (χ3v) is 3.83. The number of hydrogen-bond donors (Lipinski definition) is 2. The Balaban J connectivity index is 1.79. The van der Waals surface area contributed by atoms with Crippen LogP contribution in [0.5, 0.6) is 0 Å². The summed E-state index contributed by atoms with van der Waals surface area (Å²) in [5.74, 6) is -1.19. The lowest BCUT2D eigenvalue weighted by Crippen LogP contribution is -2.48. The zero-order valence-electron chi connectivity index (χ0n) is 10.2. The molecule has 1 aliphatic heterocycles. The summed E-state index contributed by atoms with van der Waals surface area (Å²) in [5, 5.41) is 11.9. The molecule has 0 aromatic carbocycles. The van der Waals surface area contributed by atoms with Gasteiger partial charge in [0.15, 0.2) is 0 Å². The topological polar surface area (TPSA) is 69.6 Å². The zero-order chi connectivity index (χ0) is 12.5. The van der Waals surface area contributed by atoms with E-state index in [1.165, 1.54) is 12.8 Å². The first-order valence-electron chi connectivity index (χ1n) is 6.26. The highest BCUT2D eigenvalue weighted by molar-refractivity contribution is 5.76. The van der Waals surface area contributed by atoms with Crippen LogP contribution in [0.25, 0.3) is 0 Å². The van der Waals surface area contributed by atoms with Crippen molar-refractivity contribution in [1.82, 2.24) is 10.2 Å². The first-order valence-corrected chi connectivity index (χ1v) is 6.26. The van der Waals surface area contributed by atoms with Crippen molar-refractivity contribution in [3.05, 3.63) is 0 Å². The smallest absolute Gasteiger partial charge is 0.317 e. The largest absolute Gasteiger partial charge is 0.481 e. The maximum absolute atomic E-state index is 11.9. The number of piperidine rings is 1. The summed E-state index contributed by atoms with van der Waals surface area (Å²) in [4.78, 5) is 24.4. The van der Waals surface area contributed by atoms with Crippen LogP contribution in [0, 0.1) is 11.3 Å². The molecule has 2 rings (SSSR count). The molecule has 2 amide bonds. The number of nitrogens with zero attached hydrogens (tertiary/aromatic N) is 1. The number of likely N-dealkylation sites (tertiary alicyclic amines) is 1. The van der Waals surface area contributed by atoms with Crippen molar-refractivity contribution in [3.8, 4) is 0 Å². The molecule has 2 fully saturated rings. The van der Waals surface area contributed by atoms with Gasteiger partial charge in [-0.3, -0.25) is 4.79 Å². The van der Waals surface area contributed by atoms with Gasteiger partial charge in [0.2, 0.25) is 0 Å². The molecule has 2 aliphatic rings. The standard InChI is InChI=1S/C12H20N2O3/c1-12(4-5-12)8-13-11(17)14-6-2-3-9(7-14)10(15)16/h9H,2-8H2,1H3,(H,13,17)(H,15,16)/t9-/m0/s1. The van der Waals surface area contributed by atoms with Gasteiger partial charge < -0.3 is 15.3 Å². The Morgan fingerprint density at radius 1 is 1.47 bits per heavy atom. The quantitative estimate of drug-likeness (QED) is 0.781. The molecule has 1 heterocycles. The van der Waals surface area contributed by atoms with E-state index in [9.17, 15) is 9.59 Å². The Hall–Kier alpha value is -1.26. The van der Waals surface area contributed by atoms with E-state index in [2.05, 4.69) is 12.2 Å². The fourth-order valence-corrected chi connectivity index (χ4v) is 2.15. The average molecular weight is 240 g/mol. The zero-order valence-corrected chi connectivity index (χ0v) is 10.2. The van der Waals surface area contributed by atoms with Crippen molar-refractivity contribution in [2.45, 2.75) is 32.6 Å². The van der Waals surface area contributed by atoms with Crippen molar-refractivity contribution in [3.63, 3.8) is 0 Å². The molecule has 1 saturated carbocycles. The van der Waals surface area contributed by atoms with Gasteiger partial charge in [-0.15, -0.1) is 0 Å². The molecule has 5 heteroatoms. The summed E-state index contributed by atoms with van der Waals surface area (Å²) in [6.45, 7) is 3.88. The highest BCUT2D eigenvalue weighted by atomic mass is 16.4. The van der Waals surface area contributed by atoms with Crippen LogP contribution >= 0.6 is 0 Å². The molecule has 0 radical (unpaired) electrons. The Labute approximate surface area is 101 Å². The van der Waals surface area contributed by atoms with E-state index in [-0.39, 0.29) is 11.4 Å². The van der Waals surface area contributed by atoms with E-state index in [0.717, 1.165) is 6.42 Å². The highest BCUT2D eigenvalue weighted by Gasteiger charge is 2.38. The molecular weight excluding hydrogens is 220 g/mol. The molecule has 2 N–H and O–H groups in total. The number of aliphatic carboxylic acids is 1. The molecule has 0 unspecified atom stereocenters. The van der Waals surface area contributed by atoms with Gasteiger partial charge in [-0.05, 0) is 31.1 Å². The van der Waals surface area contributed by atoms with Gasteiger partial charge in [-0.1, -0.05) is 6.92 Å². The van der Waals surface area contributed by atoms with E-state index in [1.54, 1.807) is 4.90 Å². The fraction of sp³-hybridized carbons (Fsp3) is 0.833. The third-order valence-electron chi connectivity index (χ3n) is 3.83. The Morgan fingerprint density at radius 2 is 2.18 bits per heavy atom. The van der Waals surface area contributed by atoms with Crippen LogP contribution in [0.4, 0.5) is 4.79 Å². The summed E-state index contributed by atoms with van der Waals surface area (Å²) in [6, 6.07) is -0.107. The normalized spacial score (nSPS) is 26.4. The van der Waals surface area contributed by atoms with Crippen LogP contribution in [-0.2, 0) is 4.79 Å². The molecule has 1 atom stereocenters. The van der Waals surface area contributed by atoms with Gasteiger partial charge in [0, 0.05) is 19.6 Å². The molecule has 0 spiro atoms. The molecule has 1 aliphatic carbocycles. The minimum absolute atomic E-state index is 0.107. The number of carbonyl (C=O) groups is 2. The lowest BCUT2D eigenvalue weighted by molar-refractivity contribution is -0.143. The van der Waals surface area contributed by atoms with E-state index in [0.29, 0.717) is 26.1 Å². The summed E-state index contributed by atoms with van der Waals surface area (Å²) < 4.78 is 0. The summed E-state index contributed by atoms with van der Waals surface area (Å²) in [7, 11) is 0. The van der Waals surface area contributed by atoms with Crippen LogP contribution in [0.3, 0.4) is 0 Å². The van der Waals surface area contributed by atoms with Gasteiger partial charge in [0.05, 0.1) is 5.92 Å². The third kappa shape index (κ3) is 3.11. The number of carboxylic acid groups (broad SMARTS) is 1. The summed E-state index contributed by atoms with van der Waals surface area (Å²) in [6.07, 6.45) is 3.80. The monoisotopic (exact) mass is 240 g/mol. The Morgan fingerprint density at radius 3 is 2.76 bits per heavy atom. The second-order valence-electron chi connectivity index (χ2n) is 5.59. The van der Waals surface area contributed by atoms with E-state index >= 15 is 0 Å². The predicted octanol–water partition coefficient (Wildman–Crippen LogP) is 1.29. The van der Waals surface area contributed by atoms with Crippen molar-refractivity contribution in [2.75, 3.05) is 19.6 Å². The molecule has 17 heavy (non-hydrogen) atoms. The van der Waals surface area contributed by atoms with Crippen LogP contribution < -0.4 is 5.32 Å². The van der Waals surface area contributed by atoms with E-state index in [4.69, 9.17) is 5.11 Å². The Kier molecular flexibility index (Phi) is 3.26. The average Bonchev–Trinajstić information content (AvgIpc) is 3.05. The van der Waals surface area contributed by atoms with Gasteiger partial charge in [0.1, 0.15) is 0 Å².